The highest BCUT2D eigenvalue weighted by molar-refractivity contribution is 5.76. The van der Waals surface area contributed by atoms with Crippen molar-refractivity contribution >= 4 is 29.8 Å². The van der Waals surface area contributed by atoms with Crippen molar-refractivity contribution in [1.29, 1.82) is 0 Å². The number of rotatable bonds is 20. The van der Waals surface area contributed by atoms with Gasteiger partial charge >= 0.3 is 29.8 Å². The molecule has 0 fully saturated rings. The molecule has 0 amide bonds. The number of nitrogens with zero attached hydrogens (tertiary/aromatic N) is 3. The second-order valence-electron chi connectivity index (χ2n) is 19.2. The Morgan fingerprint density at radius 3 is 1.14 bits per heavy atom. The van der Waals surface area contributed by atoms with Crippen molar-refractivity contribution < 1.29 is 52.4 Å². The maximum Gasteiger partial charge on any atom is 0.320 e. The van der Waals surface area contributed by atoms with Crippen molar-refractivity contribution in [3.8, 4) is 5.75 Å². The third-order valence-electron chi connectivity index (χ3n) is 7.25. The van der Waals surface area contributed by atoms with Gasteiger partial charge in [-0.25, -0.2) is 0 Å². The largest absolute Gasteiger partial charge is 0.494 e. The molecule has 0 spiro atoms. The number of carbonyl (C=O) groups is 5. The maximum atomic E-state index is 13.5. The van der Waals surface area contributed by atoms with Gasteiger partial charge in [0, 0.05) is 25.7 Å². The van der Waals surface area contributed by atoms with Crippen molar-refractivity contribution in [2.45, 2.75) is 151 Å². The van der Waals surface area contributed by atoms with Crippen molar-refractivity contribution in [3.05, 3.63) is 29.8 Å². The first kappa shape index (κ1) is 51.3. The number of carbonyl (C=O) groups excluding carboxylic acids is 5. The van der Waals surface area contributed by atoms with Crippen LogP contribution in [0.4, 0.5) is 0 Å². The summed E-state index contributed by atoms with van der Waals surface area (Å²) in [6.45, 7) is 28.3. The van der Waals surface area contributed by atoms with Gasteiger partial charge in [-0.1, -0.05) is 12.1 Å². The fourth-order valence-corrected chi connectivity index (χ4v) is 5.56. The van der Waals surface area contributed by atoms with Crippen molar-refractivity contribution in [2.75, 3.05) is 59.0 Å². The highest BCUT2D eigenvalue weighted by Crippen LogP contribution is 2.19. The molecule has 14 nitrogen and oxygen atoms in total. The quantitative estimate of drug-likeness (QED) is 0.119. The highest BCUT2D eigenvalue weighted by Gasteiger charge is 2.32. The van der Waals surface area contributed by atoms with Gasteiger partial charge in [0.05, 0.1) is 39.3 Å². The van der Waals surface area contributed by atoms with E-state index in [1.165, 1.54) is 0 Å². The van der Waals surface area contributed by atoms with E-state index in [9.17, 15) is 24.0 Å². The van der Waals surface area contributed by atoms with Gasteiger partial charge in [0.15, 0.2) is 0 Å². The molecule has 14 heteroatoms. The summed E-state index contributed by atoms with van der Waals surface area (Å²) in [5.41, 5.74) is -2.96. The zero-order chi connectivity index (χ0) is 44.0. The van der Waals surface area contributed by atoms with E-state index in [0.717, 1.165) is 5.56 Å². The molecule has 0 aliphatic heterocycles. The molecule has 0 aliphatic carbocycles. The summed E-state index contributed by atoms with van der Waals surface area (Å²) in [6, 6.07) is 6.98. The Morgan fingerprint density at radius 1 is 0.491 bits per heavy atom. The second-order valence-corrected chi connectivity index (χ2v) is 19.2. The number of benzene rings is 1. The number of hydrogen-bond acceptors (Lipinski definition) is 14. The van der Waals surface area contributed by atoms with E-state index in [1.807, 2.05) is 36.1 Å². The zero-order valence-electron chi connectivity index (χ0n) is 37.8. The number of hydrogen-bond donors (Lipinski definition) is 0. The minimum absolute atomic E-state index is 0.148. The van der Waals surface area contributed by atoms with E-state index in [0.29, 0.717) is 18.8 Å². The predicted molar refractivity (Wildman–Crippen MR) is 219 cm³/mol. The van der Waals surface area contributed by atoms with Crippen LogP contribution < -0.4 is 4.74 Å². The first-order valence-electron chi connectivity index (χ1n) is 19.8. The van der Waals surface area contributed by atoms with E-state index in [1.54, 1.807) is 114 Å². The summed E-state index contributed by atoms with van der Waals surface area (Å²) in [5, 5.41) is 0. The summed E-state index contributed by atoms with van der Waals surface area (Å²) >= 11 is 0. The van der Waals surface area contributed by atoms with E-state index in [-0.39, 0.29) is 52.4 Å². The monoisotopic (exact) mass is 808 g/mol. The molecule has 0 heterocycles. The molecule has 0 saturated heterocycles. The summed E-state index contributed by atoms with van der Waals surface area (Å²) in [4.78, 5) is 71.6. The molecule has 1 aromatic rings. The molecule has 0 aliphatic rings. The third kappa shape index (κ3) is 26.0. The predicted octanol–water partition coefficient (Wildman–Crippen LogP) is 5.61. The maximum absolute atomic E-state index is 13.5. The highest BCUT2D eigenvalue weighted by atomic mass is 16.6. The molecule has 57 heavy (non-hydrogen) atoms. The average molecular weight is 808 g/mol. The lowest BCUT2D eigenvalue weighted by Crippen LogP contribution is -2.52. The molecule has 0 aromatic heterocycles. The molecule has 0 saturated carbocycles. The van der Waals surface area contributed by atoms with Crippen LogP contribution in [0, 0.1) is 0 Å². The molecule has 0 radical (unpaired) electrons. The Balaban J connectivity index is 3.76. The zero-order valence-corrected chi connectivity index (χ0v) is 37.8. The minimum atomic E-state index is -0.784. The van der Waals surface area contributed by atoms with Gasteiger partial charge in [0.1, 0.15) is 33.8 Å². The molecular weight excluding hydrogens is 734 g/mol. The molecule has 326 valence electrons. The summed E-state index contributed by atoms with van der Waals surface area (Å²) in [7, 11) is 0. The SMILES string of the molecule is CCOc1ccc(C[C@@H](CN(CCN(CC(=O)OC(C)(C)C)CC(=O)OC(C)(C)C)CC(=O)OC(C)(C)C)N(CC(=O)OC(C)(C)C)CC(=O)OC(C)(C)C)cc1. The van der Waals surface area contributed by atoms with Gasteiger partial charge < -0.3 is 28.4 Å². The molecule has 0 N–H and O–H groups in total. The normalized spacial score (nSPS) is 13.3. The van der Waals surface area contributed by atoms with Crippen LogP contribution in [0.5, 0.6) is 5.75 Å². The van der Waals surface area contributed by atoms with E-state index in [4.69, 9.17) is 28.4 Å². The number of ether oxygens (including phenoxy) is 6. The summed E-state index contributed by atoms with van der Waals surface area (Å²) in [6.07, 6.45) is 0.350. The minimum Gasteiger partial charge on any atom is -0.494 e. The lowest BCUT2D eigenvalue weighted by atomic mass is 10.0. The first-order chi connectivity index (χ1) is 25.8. The van der Waals surface area contributed by atoms with Crippen LogP contribution in [-0.4, -0.2) is 138 Å². The smallest absolute Gasteiger partial charge is 0.320 e. The molecule has 0 unspecified atom stereocenters. The van der Waals surface area contributed by atoms with Crippen LogP contribution in [0.1, 0.15) is 116 Å². The molecule has 1 aromatic carbocycles. The first-order valence-corrected chi connectivity index (χ1v) is 19.8. The Morgan fingerprint density at radius 2 is 0.807 bits per heavy atom. The summed E-state index contributed by atoms with van der Waals surface area (Å²) in [5.74, 6) is -1.94. The fourth-order valence-electron chi connectivity index (χ4n) is 5.56. The molecule has 0 bridgehead atoms. The average Bonchev–Trinajstić information content (AvgIpc) is 2.95. The van der Waals surface area contributed by atoms with Gasteiger partial charge in [-0.3, -0.25) is 38.7 Å². The molecular formula is C43H73N3O11. The number of esters is 5. The Bertz CT molecular complexity index is 1380. The van der Waals surface area contributed by atoms with Crippen molar-refractivity contribution in [2.24, 2.45) is 0 Å². The molecule has 1 atom stereocenters. The van der Waals surface area contributed by atoms with Gasteiger partial charge in [-0.15, -0.1) is 0 Å². The van der Waals surface area contributed by atoms with E-state index >= 15 is 0 Å². The van der Waals surface area contributed by atoms with E-state index < -0.39 is 63.9 Å². The van der Waals surface area contributed by atoms with Crippen LogP contribution >= 0.6 is 0 Å². The van der Waals surface area contributed by atoms with E-state index in [2.05, 4.69) is 0 Å². The van der Waals surface area contributed by atoms with Crippen molar-refractivity contribution in [1.82, 2.24) is 14.7 Å². The van der Waals surface area contributed by atoms with Gasteiger partial charge in [-0.05, 0) is 135 Å². The van der Waals surface area contributed by atoms with Crippen molar-refractivity contribution in [3.63, 3.8) is 0 Å². The Labute approximate surface area is 342 Å². The topological polar surface area (TPSA) is 150 Å². The Hall–Kier alpha value is -3.75. The second kappa shape index (κ2) is 21.9. The Kier molecular flexibility index (Phi) is 19.7. The van der Waals surface area contributed by atoms with Crippen LogP contribution in [0.3, 0.4) is 0 Å². The standard InChI is InChI=1S/C43H73N3O11/c1-17-52-33-20-18-31(19-21-33)24-32(46(29-37(50)56-42(11,12)13)30-38(51)57-43(14,15)16)25-44(26-34(47)53-39(2,3)4)22-23-45(27-35(48)54-40(5,6)7)28-36(49)55-41(8,9)10/h18-21,32H,17,22-30H2,1-16H3/t32-/m0/s1. The van der Waals surface area contributed by atoms with Crippen LogP contribution in [0.25, 0.3) is 0 Å². The third-order valence-corrected chi connectivity index (χ3v) is 7.25. The van der Waals surface area contributed by atoms with Gasteiger partial charge in [-0.2, -0.15) is 0 Å². The van der Waals surface area contributed by atoms with Crippen LogP contribution in [0.2, 0.25) is 0 Å². The van der Waals surface area contributed by atoms with Crippen LogP contribution in [-0.2, 0) is 54.1 Å². The fraction of sp³-hybridized carbons (Fsp3) is 0.744. The summed E-state index contributed by atoms with van der Waals surface area (Å²) < 4.78 is 34.0. The van der Waals surface area contributed by atoms with Gasteiger partial charge in [0.2, 0.25) is 0 Å². The van der Waals surface area contributed by atoms with Crippen LogP contribution in [0.15, 0.2) is 24.3 Å². The lowest BCUT2D eigenvalue weighted by molar-refractivity contribution is -0.162. The van der Waals surface area contributed by atoms with Gasteiger partial charge in [0.25, 0.3) is 0 Å². The lowest BCUT2D eigenvalue weighted by Gasteiger charge is -2.36. The molecule has 1 rings (SSSR count).